The summed E-state index contributed by atoms with van der Waals surface area (Å²) in [6.07, 6.45) is 0. The maximum Gasteiger partial charge on any atom is 0.336 e. The summed E-state index contributed by atoms with van der Waals surface area (Å²) in [7, 11) is 0. The van der Waals surface area contributed by atoms with Crippen LogP contribution in [0.25, 0.3) is 0 Å². The minimum absolute atomic E-state index is 0.0733. The lowest BCUT2D eigenvalue weighted by Crippen LogP contribution is -2.35. The van der Waals surface area contributed by atoms with Crippen molar-refractivity contribution in [2.75, 3.05) is 13.1 Å². The predicted molar refractivity (Wildman–Crippen MR) is 69.7 cm³/mol. The molecular formula is C14H14F2N2O3. The maximum atomic E-state index is 13.3. The minimum Gasteiger partial charge on any atom is -0.478 e. The molecule has 1 unspecified atom stereocenters. The van der Waals surface area contributed by atoms with Gasteiger partial charge < -0.3 is 10.0 Å². The highest BCUT2D eigenvalue weighted by molar-refractivity contribution is 6.04. The van der Waals surface area contributed by atoms with Crippen molar-refractivity contribution in [1.82, 2.24) is 4.90 Å². The first-order valence-corrected chi connectivity index (χ1v) is 6.23. The number of carbonyl (C=O) groups is 2. The number of carboxylic acid groups (broad SMARTS) is 1. The van der Waals surface area contributed by atoms with Crippen LogP contribution in [0.4, 0.5) is 8.78 Å². The van der Waals surface area contributed by atoms with Crippen molar-refractivity contribution in [2.24, 2.45) is 5.92 Å². The Morgan fingerprint density at radius 2 is 1.86 bits per heavy atom. The molecule has 0 saturated carbocycles. The van der Waals surface area contributed by atoms with E-state index in [0.29, 0.717) is 12.1 Å². The zero-order valence-corrected chi connectivity index (χ0v) is 11.6. The summed E-state index contributed by atoms with van der Waals surface area (Å²) in [5.41, 5.74) is -1.05. The van der Waals surface area contributed by atoms with Gasteiger partial charge in [-0.3, -0.25) is 4.79 Å². The Kier molecular flexibility index (Phi) is 5.36. The van der Waals surface area contributed by atoms with Gasteiger partial charge in [0.25, 0.3) is 5.91 Å². The molecule has 1 atom stereocenters. The molecule has 0 aliphatic carbocycles. The fraction of sp³-hybridized carbons (Fsp3) is 0.357. The van der Waals surface area contributed by atoms with Crippen LogP contribution in [0.2, 0.25) is 0 Å². The van der Waals surface area contributed by atoms with Gasteiger partial charge in [-0.15, -0.1) is 0 Å². The van der Waals surface area contributed by atoms with Gasteiger partial charge in [-0.2, -0.15) is 5.26 Å². The van der Waals surface area contributed by atoms with Crippen LogP contribution < -0.4 is 0 Å². The van der Waals surface area contributed by atoms with Gasteiger partial charge in [0.05, 0.1) is 23.1 Å². The molecule has 0 aromatic heterocycles. The Bertz CT molecular complexity index is 611. The lowest BCUT2D eigenvalue weighted by Gasteiger charge is -2.22. The Morgan fingerprint density at radius 3 is 2.29 bits per heavy atom. The van der Waals surface area contributed by atoms with Crippen LogP contribution in [0.3, 0.4) is 0 Å². The van der Waals surface area contributed by atoms with E-state index in [9.17, 15) is 18.4 Å². The monoisotopic (exact) mass is 296 g/mol. The van der Waals surface area contributed by atoms with Crippen molar-refractivity contribution in [1.29, 1.82) is 5.26 Å². The number of aromatic carboxylic acids is 1. The van der Waals surface area contributed by atoms with Crippen LogP contribution in [-0.2, 0) is 0 Å². The van der Waals surface area contributed by atoms with Crippen molar-refractivity contribution in [3.05, 3.63) is 34.9 Å². The molecule has 112 valence electrons. The number of hydrogen-bond donors (Lipinski definition) is 1. The molecule has 1 N–H and O–H groups in total. The van der Waals surface area contributed by atoms with Crippen LogP contribution in [0.15, 0.2) is 12.1 Å². The Morgan fingerprint density at radius 1 is 1.33 bits per heavy atom. The minimum atomic E-state index is -1.53. The van der Waals surface area contributed by atoms with E-state index in [-0.39, 0.29) is 13.1 Å². The largest absolute Gasteiger partial charge is 0.478 e. The van der Waals surface area contributed by atoms with E-state index < -0.39 is 40.6 Å². The molecule has 1 aromatic carbocycles. The van der Waals surface area contributed by atoms with Gasteiger partial charge in [-0.05, 0) is 26.0 Å². The highest BCUT2D eigenvalue weighted by Crippen LogP contribution is 2.18. The second-order valence-corrected chi connectivity index (χ2v) is 4.49. The molecule has 0 fully saturated rings. The SMILES string of the molecule is CCN(CC(C)C#N)C(=O)c1cc(F)c(F)cc1C(=O)O. The first-order chi connectivity index (χ1) is 9.81. The smallest absolute Gasteiger partial charge is 0.336 e. The van der Waals surface area contributed by atoms with Crippen molar-refractivity contribution >= 4 is 11.9 Å². The quantitative estimate of drug-likeness (QED) is 0.903. The number of halogens is 2. The fourth-order valence-corrected chi connectivity index (χ4v) is 1.80. The van der Waals surface area contributed by atoms with Crippen molar-refractivity contribution < 1.29 is 23.5 Å². The zero-order chi connectivity index (χ0) is 16.2. The van der Waals surface area contributed by atoms with Gasteiger partial charge in [0.2, 0.25) is 0 Å². The Labute approximate surface area is 120 Å². The number of nitriles is 1. The summed E-state index contributed by atoms with van der Waals surface area (Å²) in [4.78, 5) is 24.6. The predicted octanol–water partition coefficient (Wildman–Crippen LogP) is 2.28. The molecule has 0 aliphatic heterocycles. The summed E-state index contributed by atoms with van der Waals surface area (Å²) >= 11 is 0. The van der Waals surface area contributed by atoms with Crippen molar-refractivity contribution in [3.63, 3.8) is 0 Å². The third-order valence-corrected chi connectivity index (χ3v) is 2.90. The maximum absolute atomic E-state index is 13.3. The average molecular weight is 296 g/mol. The molecule has 0 spiro atoms. The van der Waals surface area contributed by atoms with Gasteiger partial charge in [-0.25, -0.2) is 13.6 Å². The summed E-state index contributed by atoms with van der Waals surface area (Å²) in [6.45, 7) is 3.52. The normalized spacial score (nSPS) is 11.6. The number of amides is 1. The first-order valence-electron chi connectivity index (χ1n) is 6.23. The zero-order valence-electron chi connectivity index (χ0n) is 11.6. The molecule has 7 heteroatoms. The Hall–Kier alpha value is -2.49. The second-order valence-electron chi connectivity index (χ2n) is 4.49. The Balaban J connectivity index is 3.25. The molecule has 1 aromatic rings. The molecule has 1 amide bonds. The van der Waals surface area contributed by atoms with E-state index >= 15 is 0 Å². The molecule has 5 nitrogen and oxygen atoms in total. The van der Waals surface area contributed by atoms with Crippen LogP contribution in [-0.4, -0.2) is 35.0 Å². The fourth-order valence-electron chi connectivity index (χ4n) is 1.80. The number of carboxylic acids is 1. The third-order valence-electron chi connectivity index (χ3n) is 2.90. The summed E-state index contributed by atoms with van der Waals surface area (Å²) in [5, 5.41) is 17.8. The van der Waals surface area contributed by atoms with Gasteiger partial charge in [-0.1, -0.05) is 0 Å². The van der Waals surface area contributed by atoms with E-state index in [0.717, 1.165) is 0 Å². The highest BCUT2D eigenvalue weighted by Gasteiger charge is 2.24. The molecule has 0 radical (unpaired) electrons. The van der Waals surface area contributed by atoms with Crippen molar-refractivity contribution in [2.45, 2.75) is 13.8 Å². The van der Waals surface area contributed by atoms with Gasteiger partial charge in [0.15, 0.2) is 11.6 Å². The van der Waals surface area contributed by atoms with Crippen LogP contribution in [0.1, 0.15) is 34.6 Å². The number of benzene rings is 1. The highest BCUT2D eigenvalue weighted by atomic mass is 19.2. The topological polar surface area (TPSA) is 81.4 Å². The number of nitrogens with zero attached hydrogens (tertiary/aromatic N) is 2. The van der Waals surface area contributed by atoms with Crippen LogP contribution in [0, 0.1) is 28.9 Å². The second kappa shape index (κ2) is 6.79. The third kappa shape index (κ3) is 3.75. The first kappa shape index (κ1) is 16.6. The van der Waals surface area contributed by atoms with E-state index in [1.807, 2.05) is 6.07 Å². The molecule has 21 heavy (non-hydrogen) atoms. The van der Waals surface area contributed by atoms with E-state index in [2.05, 4.69) is 0 Å². The van der Waals surface area contributed by atoms with Gasteiger partial charge >= 0.3 is 5.97 Å². The number of rotatable bonds is 5. The van der Waals surface area contributed by atoms with Crippen LogP contribution >= 0.6 is 0 Å². The standard InChI is InChI=1S/C14H14F2N2O3/c1-3-18(7-8(2)6-17)13(19)9-4-11(15)12(16)5-10(9)14(20)21/h4-5,8H,3,7H2,1-2H3,(H,20,21). The molecule has 0 heterocycles. The molecule has 0 bridgehead atoms. The average Bonchev–Trinajstić information content (AvgIpc) is 2.45. The van der Waals surface area contributed by atoms with E-state index in [1.54, 1.807) is 13.8 Å². The lowest BCUT2D eigenvalue weighted by molar-refractivity contribution is 0.0673. The molecule has 1 rings (SSSR count). The molecule has 0 aliphatic rings. The van der Waals surface area contributed by atoms with Crippen molar-refractivity contribution in [3.8, 4) is 6.07 Å². The molecule has 0 saturated heterocycles. The van der Waals surface area contributed by atoms with Gasteiger partial charge in [0, 0.05) is 13.1 Å². The lowest BCUT2D eigenvalue weighted by atomic mass is 10.0. The van der Waals surface area contributed by atoms with E-state index in [1.165, 1.54) is 4.90 Å². The molecular weight excluding hydrogens is 282 g/mol. The summed E-state index contributed by atoms with van der Waals surface area (Å²) < 4.78 is 26.4. The number of carbonyl (C=O) groups excluding carboxylic acids is 1. The van der Waals surface area contributed by atoms with Crippen LogP contribution in [0.5, 0.6) is 0 Å². The number of hydrogen-bond acceptors (Lipinski definition) is 3. The summed E-state index contributed by atoms with van der Waals surface area (Å²) in [6, 6.07) is 3.00. The van der Waals surface area contributed by atoms with Gasteiger partial charge in [0.1, 0.15) is 0 Å². The van der Waals surface area contributed by atoms with E-state index in [4.69, 9.17) is 10.4 Å². The summed E-state index contributed by atoms with van der Waals surface area (Å²) in [5.74, 6) is -5.38.